The Morgan fingerprint density at radius 3 is 3.20 bits per heavy atom. The van der Waals surface area contributed by atoms with Crippen molar-refractivity contribution < 1.29 is 14.4 Å². The molecule has 0 aliphatic carbocycles. The maximum Gasteiger partial charge on any atom is 0.350 e. The van der Waals surface area contributed by atoms with Crippen LogP contribution in [0.3, 0.4) is 0 Å². The third-order valence-electron chi connectivity index (χ3n) is 2.13. The van der Waals surface area contributed by atoms with Gasteiger partial charge in [-0.1, -0.05) is 5.16 Å². The zero-order valence-electron chi connectivity index (χ0n) is 8.21. The smallest absolute Gasteiger partial charge is 0.350 e. The number of hydrogen-bond acceptors (Lipinski definition) is 5. The number of carbonyl (C=O) groups excluding carboxylic acids is 1. The van der Waals surface area contributed by atoms with Gasteiger partial charge in [0.15, 0.2) is 0 Å². The fraction of sp³-hybridized carbons (Fsp3) is 0.300. The number of rotatable bonds is 2. The Kier molecular flexibility index (Phi) is 2.62. The van der Waals surface area contributed by atoms with Crippen molar-refractivity contribution >= 4 is 11.7 Å². The molecule has 0 aromatic carbocycles. The summed E-state index contributed by atoms with van der Waals surface area (Å²) >= 11 is 0. The van der Waals surface area contributed by atoms with Gasteiger partial charge >= 0.3 is 5.97 Å². The summed E-state index contributed by atoms with van der Waals surface area (Å²) in [5, 5.41) is 3.83. The number of ether oxygens (including phenoxy) is 1. The SMILES string of the molecule is COC(=O)[C@H]1CC(c2cccnc2)=NO1. The summed E-state index contributed by atoms with van der Waals surface area (Å²) in [7, 11) is 1.33. The number of hydrogen-bond donors (Lipinski definition) is 0. The zero-order valence-corrected chi connectivity index (χ0v) is 8.21. The number of methoxy groups -OCH3 is 1. The predicted octanol–water partition coefficient (Wildman–Crippen LogP) is 0.748. The molecule has 0 saturated carbocycles. The molecule has 1 aromatic heterocycles. The van der Waals surface area contributed by atoms with Crippen LogP contribution < -0.4 is 0 Å². The highest BCUT2D eigenvalue weighted by Crippen LogP contribution is 2.16. The van der Waals surface area contributed by atoms with Gasteiger partial charge < -0.3 is 9.57 Å². The molecule has 0 fully saturated rings. The van der Waals surface area contributed by atoms with Gasteiger partial charge in [0.2, 0.25) is 6.10 Å². The van der Waals surface area contributed by atoms with Crippen molar-refractivity contribution in [2.75, 3.05) is 7.11 Å². The molecule has 5 heteroatoms. The molecule has 2 heterocycles. The second-order valence-electron chi connectivity index (χ2n) is 3.10. The first-order valence-corrected chi connectivity index (χ1v) is 4.52. The van der Waals surface area contributed by atoms with Gasteiger partial charge in [0.05, 0.1) is 12.8 Å². The molecule has 1 aliphatic heterocycles. The van der Waals surface area contributed by atoms with Crippen LogP contribution in [0.5, 0.6) is 0 Å². The third-order valence-corrected chi connectivity index (χ3v) is 2.13. The molecule has 0 unspecified atom stereocenters. The minimum Gasteiger partial charge on any atom is -0.466 e. The van der Waals surface area contributed by atoms with Crippen molar-refractivity contribution in [2.45, 2.75) is 12.5 Å². The number of carbonyl (C=O) groups is 1. The lowest BCUT2D eigenvalue weighted by atomic mass is 10.1. The lowest BCUT2D eigenvalue weighted by Crippen LogP contribution is -2.22. The molecule has 0 radical (unpaired) electrons. The van der Waals surface area contributed by atoms with Crippen LogP contribution in [0.15, 0.2) is 29.7 Å². The van der Waals surface area contributed by atoms with Crippen LogP contribution in [-0.4, -0.2) is 29.9 Å². The maximum atomic E-state index is 11.2. The average molecular weight is 206 g/mol. The number of aromatic nitrogens is 1. The van der Waals surface area contributed by atoms with E-state index in [2.05, 4.69) is 14.9 Å². The molecule has 15 heavy (non-hydrogen) atoms. The Labute approximate surface area is 86.7 Å². The zero-order chi connectivity index (χ0) is 10.7. The summed E-state index contributed by atoms with van der Waals surface area (Å²) in [6, 6.07) is 3.68. The molecule has 0 saturated heterocycles. The van der Waals surface area contributed by atoms with Gasteiger partial charge in [0, 0.05) is 24.4 Å². The Morgan fingerprint density at radius 2 is 2.53 bits per heavy atom. The quantitative estimate of drug-likeness (QED) is 0.670. The Hall–Kier alpha value is -1.91. The van der Waals surface area contributed by atoms with Crippen molar-refractivity contribution in [1.82, 2.24) is 4.98 Å². The molecular weight excluding hydrogens is 196 g/mol. The summed E-state index contributed by atoms with van der Waals surface area (Å²) in [6.07, 6.45) is 3.17. The van der Waals surface area contributed by atoms with Gasteiger partial charge in [-0.3, -0.25) is 4.98 Å². The van der Waals surface area contributed by atoms with Crippen LogP contribution in [0.4, 0.5) is 0 Å². The first-order chi connectivity index (χ1) is 7.31. The Balaban J connectivity index is 2.07. The topological polar surface area (TPSA) is 60.8 Å². The lowest BCUT2D eigenvalue weighted by molar-refractivity contribution is -0.152. The highest BCUT2D eigenvalue weighted by Gasteiger charge is 2.29. The second-order valence-corrected chi connectivity index (χ2v) is 3.10. The Morgan fingerprint density at radius 1 is 1.67 bits per heavy atom. The van der Waals surface area contributed by atoms with Crippen molar-refractivity contribution in [1.29, 1.82) is 0 Å². The van der Waals surface area contributed by atoms with Crippen molar-refractivity contribution in [3.63, 3.8) is 0 Å². The van der Waals surface area contributed by atoms with E-state index in [-0.39, 0.29) is 0 Å². The van der Waals surface area contributed by atoms with Gasteiger partial charge in [-0.05, 0) is 12.1 Å². The predicted molar refractivity (Wildman–Crippen MR) is 52.3 cm³/mol. The standard InChI is InChI=1S/C10H10N2O3/c1-14-10(13)9-5-8(12-15-9)7-3-2-4-11-6-7/h2-4,6,9H,5H2,1H3/t9-/m1/s1. The number of pyridine rings is 1. The van der Waals surface area contributed by atoms with Crippen molar-refractivity contribution in [3.05, 3.63) is 30.1 Å². The van der Waals surface area contributed by atoms with E-state index in [1.54, 1.807) is 12.4 Å². The normalized spacial score (nSPS) is 19.3. The molecule has 2 rings (SSSR count). The summed E-state index contributed by atoms with van der Waals surface area (Å²) in [6.45, 7) is 0. The second kappa shape index (κ2) is 4.08. The summed E-state index contributed by atoms with van der Waals surface area (Å²) < 4.78 is 4.57. The fourth-order valence-corrected chi connectivity index (χ4v) is 1.34. The summed E-state index contributed by atoms with van der Waals surface area (Å²) in [5.74, 6) is -0.405. The summed E-state index contributed by atoms with van der Waals surface area (Å²) in [5.41, 5.74) is 1.59. The van der Waals surface area contributed by atoms with E-state index in [1.165, 1.54) is 7.11 Å². The number of oxime groups is 1. The highest BCUT2D eigenvalue weighted by molar-refractivity contribution is 6.03. The number of esters is 1. The molecule has 1 atom stereocenters. The van der Waals surface area contributed by atoms with E-state index < -0.39 is 12.1 Å². The van der Waals surface area contributed by atoms with Crippen LogP contribution in [0.2, 0.25) is 0 Å². The van der Waals surface area contributed by atoms with E-state index in [9.17, 15) is 4.79 Å². The first kappa shape index (κ1) is 9.64. The van der Waals surface area contributed by atoms with E-state index >= 15 is 0 Å². The van der Waals surface area contributed by atoms with Gasteiger partial charge in [-0.2, -0.15) is 0 Å². The lowest BCUT2D eigenvalue weighted by Gasteiger charge is -2.03. The van der Waals surface area contributed by atoms with Gasteiger partial charge in [-0.15, -0.1) is 0 Å². The monoisotopic (exact) mass is 206 g/mol. The molecule has 1 aromatic rings. The van der Waals surface area contributed by atoms with Crippen LogP contribution in [0.1, 0.15) is 12.0 Å². The molecule has 78 valence electrons. The van der Waals surface area contributed by atoms with E-state index in [4.69, 9.17) is 4.84 Å². The molecule has 0 amide bonds. The minimum absolute atomic E-state index is 0.405. The number of nitrogens with zero attached hydrogens (tertiary/aromatic N) is 2. The first-order valence-electron chi connectivity index (χ1n) is 4.52. The third kappa shape index (κ3) is 1.96. The van der Waals surface area contributed by atoms with Gasteiger partial charge in [0.1, 0.15) is 0 Å². The van der Waals surface area contributed by atoms with Crippen LogP contribution in [0.25, 0.3) is 0 Å². The van der Waals surface area contributed by atoms with E-state index in [1.807, 2.05) is 12.1 Å². The Bertz CT molecular complexity index is 389. The fourth-order valence-electron chi connectivity index (χ4n) is 1.34. The van der Waals surface area contributed by atoms with E-state index in [0.29, 0.717) is 6.42 Å². The van der Waals surface area contributed by atoms with Crippen molar-refractivity contribution in [2.24, 2.45) is 5.16 Å². The van der Waals surface area contributed by atoms with Crippen LogP contribution in [-0.2, 0) is 14.4 Å². The molecule has 0 bridgehead atoms. The van der Waals surface area contributed by atoms with Crippen LogP contribution >= 0.6 is 0 Å². The van der Waals surface area contributed by atoms with Gasteiger partial charge in [-0.25, -0.2) is 4.79 Å². The average Bonchev–Trinajstić information content (AvgIpc) is 2.78. The largest absolute Gasteiger partial charge is 0.466 e. The molecule has 0 N–H and O–H groups in total. The molecule has 0 spiro atoms. The highest BCUT2D eigenvalue weighted by atomic mass is 16.7. The van der Waals surface area contributed by atoms with E-state index in [0.717, 1.165) is 11.3 Å². The minimum atomic E-state index is -0.620. The van der Waals surface area contributed by atoms with Crippen molar-refractivity contribution in [3.8, 4) is 0 Å². The summed E-state index contributed by atoms with van der Waals surface area (Å²) in [4.78, 5) is 20.1. The maximum absolute atomic E-state index is 11.2. The van der Waals surface area contributed by atoms with Crippen LogP contribution in [0, 0.1) is 0 Å². The molecule has 1 aliphatic rings. The van der Waals surface area contributed by atoms with Gasteiger partial charge in [0.25, 0.3) is 0 Å². The molecular formula is C10H10N2O3. The molecule has 5 nitrogen and oxygen atoms in total.